The van der Waals surface area contributed by atoms with Gasteiger partial charge in [-0.05, 0) is 24.2 Å². The van der Waals surface area contributed by atoms with Gasteiger partial charge in [0.15, 0.2) is 5.13 Å². The molecule has 1 N–H and O–H groups in total. The van der Waals surface area contributed by atoms with Crippen molar-refractivity contribution in [2.45, 2.75) is 19.3 Å². The summed E-state index contributed by atoms with van der Waals surface area (Å²) in [6.45, 7) is 0. The summed E-state index contributed by atoms with van der Waals surface area (Å²) >= 11 is 6.31. The second-order valence-electron chi connectivity index (χ2n) is 2.96. The fourth-order valence-electron chi connectivity index (χ4n) is 0.970. The van der Waals surface area contributed by atoms with Gasteiger partial charge in [-0.3, -0.25) is 14.9 Å². The summed E-state index contributed by atoms with van der Waals surface area (Å²) in [7, 11) is 0. The number of nitro groups is 1. The smallest absolute Gasteiger partial charge is 0.302 e. The normalized spacial score (nSPS) is 10.1. The Balaban J connectivity index is 2.40. The monoisotopic (exact) mass is 263 g/mol. The molecule has 0 aliphatic rings. The van der Waals surface area contributed by atoms with E-state index in [0.717, 1.165) is 24.0 Å². The maximum Gasteiger partial charge on any atom is 0.345 e. The number of halogens is 1. The highest BCUT2D eigenvalue weighted by Gasteiger charge is 2.12. The molecule has 6 nitrogen and oxygen atoms in total. The first kappa shape index (κ1) is 12.9. The van der Waals surface area contributed by atoms with Gasteiger partial charge in [0.2, 0.25) is 5.91 Å². The number of thiazole rings is 1. The third-order valence-electron chi connectivity index (χ3n) is 1.71. The van der Waals surface area contributed by atoms with Gasteiger partial charge in [-0.25, -0.2) is 4.98 Å². The first-order chi connectivity index (χ1) is 7.63. The predicted octanol–water partition coefficient (Wildman–Crippen LogP) is 2.40. The largest absolute Gasteiger partial charge is 0.345 e. The van der Waals surface area contributed by atoms with Crippen molar-refractivity contribution in [1.82, 2.24) is 4.98 Å². The number of hydrogen-bond acceptors (Lipinski definition) is 5. The molecule has 0 radical (unpaired) electrons. The molecule has 1 heterocycles. The number of nitrogens with one attached hydrogen (secondary N) is 1. The number of carbonyl (C=O) groups excluding carboxylic acids is 1. The Hall–Kier alpha value is -1.21. The molecule has 0 bridgehead atoms. The topological polar surface area (TPSA) is 85.1 Å². The number of aromatic nitrogens is 1. The van der Waals surface area contributed by atoms with E-state index in [1.807, 2.05) is 0 Å². The van der Waals surface area contributed by atoms with E-state index in [4.69, 9.17) is 11.6 Å². The van der Waals surface area contributed by atoms with Crippen LogP contribution in [0.1, 0.15) is 19.3 Å². The number of unbranched alkanes of at least 4 members (excludes halogenated alkanes) is 1. The molecular formula is C8H10ClN3O3S. The summed E-state index contributed by atoms with van der Waals surface area (Å²) in [5.41, 5.74) is 0. The minimum Gasteiger partial charge on any atom is -0.302 e. The highest BCUT2D eigenvalue weighted by atomic mass is 35.5. The van der Waals surface area contributed by atoms with Crippen LogP contribution in [0, 0.1) is 10.1 Å². The second-order valence-corrected chi connectivity index (χ2v) is 4.34. The number of rotatable bonds is 6. The van der Waals surface area contributed by atoms with Gasteiger partial charge in [0.1, 0.15) is 6.20 Å². The lowest BCUT2D eigenvalue weighted by Gasteiger charge is -1.99. The van der Waals surface area contributed by atoms with Gasteiger partial charge in [0.05, 0.1) is 4.92 Å². The fourth-order valence-corrected chi connectivity index (χ4v) is 1.81. The number of amides is 1. The molecule has 1 aromatic rings. The van der Waals surface area contributed by atoms with Crippen molar-refractivity contribution >= 4 is 39.0 Å². The van der Waals surface area contributed by atoms with E-state index < -0.39 is 4.92 Å². The maximum absolute atomic E-state index is 11.3. The summed E-state index contributed by atoms with van der Waals surface area (Å²) in [5.74, 6) is 0.324. The van der Waals surface area contributed by atoms with Gasteiger partial charge in [-0.1, -0.05) is 0 Å². The number of carbonyl (C=O) groups is 1. The van der Waals surface area contributed by atoms with Crippen molar-refractivity contribution in [2.24, 2.45) is 0 Å². The maximum atomic E-state index is 11.3. The van der Waals surface area contributed by atoms with E-state index in [2.05, 4.69) is 10.3 Å². The van der Waals surface area contributed by atoms with Crippen LogP contribution in [0.3, 0.4) is 0 Å². The summed E-state index contributed by atoms with van der Waals surface area (Å²) in [6, 6.07) is 0. The average Bonchev–Trinajstić information content (AvgIpc) is 2.66. The first-order valence-corrected chi connectivity index (χ1v) is 5.94. The van der Waals surface area contributed by atoms with Gasteiger partial charge >= 0.3 is 5.00 Å². The standard InChI is InChI=1S/C8H10ClN3O3S/c9-4-2-1-3-6(13)11-8-10-5-7(16-8)12(14)15/h5H,1-4H2,(H,10,11,13). The summed E-state index contributed by atoms with van der Waals surface area (Å²) in [4.78, 5) is 24.9. The SMILES string of the molecule is O=C(CCCCCl)Nc1ncc([N+](=O)[O-])s1. The Morgan fingerprint density at radius 2 is 2.38 bits per heavy atom. The van der Waals surface area contributed by atoms with Crippen LogP contribution in [0.4, 0.5) is 10.1 Å². The molecule has 16 heavy (non-hydrogen) atoms. The van der Waals surface area contributed by atoms with Crippen LogP contribution >= 0.6 is 22.9 Å². The number of nitrogens with zero attached hydrogens (tertiary/aromatic N) is 2. The third kappa shape index (κ3) is 4.11. The molecule has 0 saturated heterocycles. The van der Waals surface area contributed by atoms with E-state index in [9.17, 15) is 14.9 Å². The van der Waals surface area contributed by atoms with E-state index in [-0.39, 0.29) is 16.0 Å². The quantitative estimate of drug-likeness (QED) is 0.370. The summed E-state index contributed by atoms with van der Waals surface area (Å²) in [5, 5.41) is 13.0. The van der Waals surface area contributed by atoms with Gasteiger partial charge in [-0.15, -0.1) is 11.6 Å². The molecule has 0 spiro atoms. The van der Waals surface area contributed by atoms with Crippen LogP contribution in [0.2, 0.25) is 0 Å². The van der Waals surface area contributed by atoms with Crippen molar-refractivity contribution in [2.75, 3.05) is 11.2 Å². The van der Waals surface area contributed by atoms with Crippen molar-refractivity contribution in [3.05, 3.63) is 16.3 Å². The van der Waals surface area contributed by atoms with E-state index in [1.54, 1.807) is 0 Å². The van der Waals surface area contributed by atoms with Gasteiger partial charge in [0, 0.05) is 12.3 Å². The fraction of sp³-hybridized carbons (Fsp3) is 0.500. The van der Waals surface area contributed by atoms with Gasteiger partial charge in [-0.2, -0.15) is 0 Å². The second kappa shape index (κ2) is 6.39. The highest BCUT2D eigenvalue weighted by molar-refractivity contribution is 7.18. The number of alkyl halides is 1. The molecule has 0 saturated carbocycles. The lowest BCUT2D eigenvalue weighted by Crippen LogP contribution is -2.10. The molecule has 88 valence electrons. The highest BCUT2D eigenvalue weighted by Crippen LogP contribution is 2.24. The van der Waals surface area contributed by atoms with E-state index in [1.165, 1.54) is 0 Å². The lowest BCUT2D eigenvalue weighted by molar-refractivity contribution is -0.380. The lowest BCUT2D eigenvalue weighted by atomic mass is 10.2. The molecule has 0 unspecified atom stereocenters. The molecule has 0 aromatic carbocycles. The van der Waals surface area contributed by atoms with Crippen LogP contribution in [-0.4, -0.2) is 21.7 Å². The zero-order valence-corrected chi connectivity index (χ0v) is 9.88. The van der Waals surface area contributed by atoms with Crippen LogP contribution in [0.25, 0.3) is 0 Å². The third-order valence-corrected chi connectivity index (χ3v) is 2.84. The molecule has 1 rings (SSSR count). The van der Waals surface area contributed by atoms with Crippen molar-refractivity contribution < 1.29 is 9.72 Å². The van der Waals surface area contributed by atoms with Crippen molar-refractivity contribution in [1.29, 1.82) is 0 Å². The molecular weight excluding hydrogens is 254 g/mol. The van der Waals surface area contributed by atoms with E-state index >= 15 is 0 Å². The van der Waals surface area contributed by atoms with E-state index in [0.29, 0.717) is 18.7 Å². The molecule has 0 fully saturated rings. The van der Waals surface area contributed by atoms with Crippen molar-refractivity contribution in [3.8, 4) is 0 Å². The zero-order valence-electron chi connectivity index (χ0n) is 8.31. The van der Waals surface area contributed by atoms with Crippen LogP contribution in [0.15, 0.2) is 6.20 Å². The molecule has 8 heteroatoms. The van der Waals surface area contributed by atoms with Gasteiger partial charge < -0.3 is 5.32 Å². The van der Waals surface area contributed by atoms with Crippen molar-refractivity contribution in [3.63, 3.8) is 0 Å². The molecule has 0 atom stereocenters. The predicted molar refractivity (Wildman–Crippen MR) is 62.0 cm³/mol. The average molecular weight is 264 g/mol. The Morgan fingerprint density at radius 1 is 1.62 bits per heavy atom. The molecule has 1 aromatic heterocycles. The van der Waals surface area contributed by atoms with Crippen LogP contribution in [-0.2, 0) is 4.79 Å². The summed E-state index contributed by atoms with van der Waals surface area (Å²) in [6.07, 6.45) is 2.94. The number of anilines is 1. The van der Waals surface area contributed by atoms with Gasteiger partial charge in [0.25, 0.3) is 0 Å². The van der Waals surface area contributed by atoms with Crippen LogP contribution < -0.4 is 5.32 Å². The minimum absolute atomic E-state index is 0.0870. The Kier molecular flexibility index (Phi) is 5.13. The molecule has 1 amide bonds. The molecule has 0 aliphatic carbocycles. The first-order valence-electron chi connectivity index (χ1n) is 4.59. The molecule has 0 aliphatic heterocycles. The van der Waals surface area contributed by atoms with Crippen LogP contribution in [0.5, 0.6) is 0 Å². The summed E-state index contributed by atoms with van der Waals surface area (Å²) < 4.78 is 0. The minimum atomic E-state index is -0.541. The Bertz CT molecular complexity index is 382. The zero-order chi connectivity index (χ0) is 12.0. The Labute approximate surface area is 101 Å². The Morgan fingerprint density at radius 3 is 2.94 bits per heavy atom. The number of hydrogen-bond donors (Lipinski definition) is 1.